The number of nitrogens with one attached hydrogen (secondary N) is 2. The van der Waals surface area contributed by atoms with E-state index >= 15 is 0 Å². The number of hydrogen-bond acceptors (Lipinski definition) is 5. The van der Waals surface area contributed by atoms with E-state index in [2.05, 4.69) is 36.4 Å². The zero-order valence-corrected chi connectivity index (χ0v) is 23.3. The molecule has 8 heteroatoms. The van der Waals surface area contributed by atoms with Gasteiger partial charge in [-0.05, 0) is 25.0 Å². The molecule has 7 nitrogen and oxygen atoms in total. The van der Waals surface area contributed by atoms with Crippen molar-refractivity contribution in [3.05, 3.63) is 59.2 Å². The normalized spacial score (nSPS) is 10.9. The van der Waals surface area contributed by atoms with Crippen molar-refractivity contribution in [2.45, 2.75) is 59.8 Å². The van der Waals surface area contributed by atoms with Gasteiger partial charge in [0.15, 0.2) is 5.13 Å². The highest BCUT2D eigenvalue weighted by molar-refractivity contribution is 7.14. The van der Waals surface area contributed by atoms with Crippen LogP contribution in [0.3, 0.4) is 0 Å². The molecular formula is C28H42N4O3S. The quantitative estimate of drug-likeness (QED) is 0.287. The number of unbranched alkanes of at least 4 members (excludes halogenated alkanes) is 2. The smallest absolute Gasteiger partial charge is 0.253 e. The van der Waals surface area contributed by atoms with Crippen LogP contribution in [0.5, 0.6) is 0 Å². The fourth-order valence-corrected chi connectivity index (χ4v) is 4.01. The fraction of sp³-hybridized carbons (Fsp3) is 0.464. The molecule has 1 unspecified atom stereocenters. The number of aromatic nitrogens is 2. The fourth-order valence-electron chi connectivity index (χ4n) is 3.28. The summed E-state index contributed by atoms with van der Waals surface area (Å²) in [6.45, 7) is 8.80. The molecule has 3 rings (SSSR count). The van der Waals surface area contributed by atoms with Crippen molar-refractivity contribution in [1.29, 1.82) is 0 Å². The molecule has 0 aliphatic rings. The van der Waals surface area contributed by atoms with E-state index in [1.165, 1.54) is 43.4 Å². The van der Waals surface area contributed by atoms with Crippen LogP contribution in [0, 0.1) is 12.8 Å². The second kappa shape index (κ2) is 17.5. The third-order valence-electron chi connectivity index (χ3n) is 5.57. The van der Waals surface area contributed by atoms with E-state index in [0.29, 0.717) is 10.7 Å². The summed E-state index contributed by atoms with van der Waals surface area (Å²) < 4.78 is 1.78. The first-order chi connectivity index (χ1) is 17.3. The maximum atomic E-state index is 12.0. The van der Waals surface area contributed by atoms with Crippen molar-refractivity contribution < 1.29 is 14.7 Å². The van der Waals surface area contributed by atoms with Crippen LogP contribution in [-0.2, 0) is 11.8 Å². The topological polar surface area (TPSA) is 96.3 Å². The number of carbonyl (C=O) groups excluding carboxylic acids is 2. The maximum Gasteiger partial charge on any atom is 0.253 e. The minimum Gasteiger partial charge on any atom is -0.400 e. The molecule has 3 aromatic rings. The van der Waals surface area contributed by atoms with Crippen molar-refractivity contribution in [2.24, 2.45) is 13.0 Å². The Balaban J connectivity index is 0.000000500. The van der Waals surface area contributed by atoms with Crippen molar-refractivity contribution in [3.8, 4) is 11.3 Å². The average Bonchev–Trinajstić information content (AvgIpc) is 3.53. The van der Waals surface area contributed by atoms with Gasteiger partial charge < -0.3 is 20.3 Å². The SMILES string of the molecule is CCCCCC(C)CC.CO.Cc1cccc(-c2csc(NC(=O)CNC(=O)c3ccn(C)c3)n2)c1. The second-order valence-corrected chi connectivity index (χ2v) is 9.57. The summed E-state index contributed by atoms with van der Waals surface area (Å²) in [5.74, 6) is 0.362. The van der Waals surface area contributed by atoms with Gasteiger partial charge in [0.2, 0.25) is 5.91 Å². The van der Waals surface area contributed by atoms with E-state index in [-0.39, 0.29) is 18.4 Å². The largest absolute Gasteiger partial charge is 0.400 e. The van der Waals surface area contributed by atoms with Crippen molar-refractivity contribution >= 4 is 28.3 Å². The van der Waals surface area contributed by atoms with Gasteiger partial charge in [-0.15, -0.1) is 11.3 Å². The Morgan fingerprint density at radius 3 is 2.53 bits per heavy atom. The van der Waals surface area contributed by atoms with Crippen molar-refractivity contribution in [3.63, 3.8) is 0 Å². The van der Waals surface area contributed by atoms with Crippen LogP contribution < -0.4 is 10.6 Å². The third-order valence-corrected chi connectivity index (χ3v) is 6.32. The molecule has 198 valence electrons. The number of aliphatic hydroxyl groups is 1. The number of anilines is 1. The summed E-state index contributed by atoms with van der Waals surface area (Å²) in [6.07, 6.45) is 10.5. The first-order valence-corrected chi connectivity index (χ1v) is 13.4. The number of amides is 2. The van der Waals surface area contributed by atoms with Gasteiger partial charge >= 0.3 is 0 Å². The molecule has 1 atom stereocenters. The molecule has 2 heterocycles. The summed E-state index contributed by atoms with van der Waals surface area (Å²) in [6, 6.07) is 9.71. The van der Waals surface area contributed by atoms with Gasteiger partial charge in [0, 0.05) is 37.5 Å². The highest BCUT2D eigenvalue weighted by Gasteiger charge is 2.11. The van der Waals surface area contributed by atoms with E-state index in [0.717, 1.165) is 29.8 Å². The highest BCUT2D eigenvalue weighted by atomic mass is 32.1. The maximum absolute atomic E-state index is 12.0. The summed E-state index contributed by atoms with van der Waals surface area (Å²) in [4.78, 5) is 28.3. The predicted molar refractivity (Wildman–Crippen MR) is 150 cm³/mol. The molecule has 3 N–H and O–H groups in total. The van der Waals surface area contributed by atoms with Crippen LogP contribution >= 0.6 is 11.3 Å². The second-order valence-electron chi connectivity index (χ2n) is 8.71. The van der Waals surface area contributed by atoms with Gasteiger partial charge in [-0.1, -0.05) is 76.6 Å². The number of hydrogen-bond donors (Lipinski definition) is 3. The van der Waals surface area contributed by atoms with Crippen LogP contribution in [0.2, 0.25) is 0 Å². The number of nitrogens with zero attached hydrogens (tertiary/aromatic N) is 2. The number of benzene rings is 1. The predicted octanol–water partition coefficient (Wildman–Crippen LogP) is 6.05. The van der Waals surface area contributed by atoms with E-state index in [4.69, 9.17) is 5.11 Å². The Kier molecular flexibility index (Phi) is 15.1. The standard InChI is InChI=1S/C18H18N4O2S.C9H20.CH4O/c1-12-4-3-5-13(8-12)15-11-25-18(20-15)21-16(23)9-19-17(24)14-6-7-22(2)10-14;1-4-6-7-8-9(3)5-2;1-2/h3-8,10-11H,9H2,1-2H3,(H,19,24)(H,20,21,23);9H,4-8H2,1-3H3;2H,1H3. The lowest BCUT2D eigenvalue weighted by Crippen LogP contribution is -2.32. The highest BCUT2D eigenvalue weighted by Crippen LogP contribution is 2.25. The number of carbonyl (C=O) groups is 2. The number of thiazole rings is 1. The average molecular weight is 515 g/mol. The van der Waals surface area contributed by atoms with E-state index in [1.807, 2.05) is 43.6 Å². The van der Waals surface area contributed by atoms with E-state index < -0.39 is 0 Å². The van der Waals surface area contributed by atoms with E-state index in [9.17, 15) is 9.59 Å². The first-order valence-electron chi connectivity index (χ1n) is 12.5. The van der Waals surface area contributed by atoms with Crippen LogP contribution in [0.25, 0.3) is 11.3 Å². The first kappa shape index (κ1) is 31.1. The third kappa shape index (κ3) is 11.6. The molecule has 0 bridgehead atoms. The zero-order valence-electron chi connectivity index (χ0n) is 22.5. The Hall–Kier alpha value is -2.97. The van der Waals surface area contributed by atoms with Crippen LogP contribution in [0.15, 0.2) is 48.1 Å². The molecule has 0 aliphatic heterocycles. The molecule has 1 aromatic carbocycles. The number of aliphatic hydroxyl groups excluding tert-OH is 1. The molecule has 36 heavy (non-hydrogen) atoms. The monoisotopic (exact) mass is 514 g/mol. The molecule has 0 saturated heterocycles. The Bertz CT molecular complexity index is 1040. The van der Waals surface area contributed by atoms with Gasteiger partial charge in [-0.25, -0.2) is 4.98 Å². The Morgan fingerprint density at radius 1 is 1.17 bits per heavy atom. The lowest BCUT2D eigenvalue weighted by Gasteiger charge is -2.05. The van der Waals surface area contributed by atoms with Gasteiger partial charge in [0.05, 0.1) is 17.8 Å². The van der Waals surface area contributed by atoms with Crippen LogP contribution in [0.1, 0.15) is 68.8 Å². The van der Waals surface area contributed by atoms with Gasteiger partial charge in [-0.3, -0.25) is 9.59 Å². The van der Waals surface area contributed by atoms with Crippen molar-refractivity contribution in [1.82, 2.24) is 14.9 Å². The molecule has 2 aromatic heterocycles. The van der Waals surface area contributed by atoms with Crippen molar-refractivity contribution in [2.75, 3.05) is 19.0 Å². The number of rotatable bonds is 10. The molecule has 0 saturated carbocycles. The minimum absolute atomic E-state index is 0.104. The summed E-state index contributed by atoms with van der Waals surface area (Å²) in [5.41, 5.74) is 3.50. The molecule has 2 amide bonds. The summed E-state index contributed by atoms with van der Waals surface area (Å²) in [5, 5.41) is 14.7. The lowest BCUT2D eigenvalue weighted by molar-refractivity contribution is -0.115. The van der Waals surface area contributed by atoms with Crippen LogP contribution in [-0.4, -0.2) is 40.1 Å². The van der Waals surface area contributed by atoms with Gasteiger partial charge in [-0.2, -0.15) is 0 Å². The molecule has 0 radical (unpaired) electrons. The van der Waals surface area contributed by atoms with E-state index in [1.54, 1.807) is 23.0 Å². The van der Waals surface area contributed by atoms with Crippen LogP contribution in [0.4, 0.5) is 5.13 Å². The molecular weight excluding hydrogens is 472 g/mol. The summed E-state index contributed by atoms with van der Waals surface area (Å²) >= 11 is 1.35. The molecule has 0 fully saturated rings. The van der Waals surface area contributed by atoms with Gasteiger partial charge in [0.1, 0.15) is 0 Å². The molecule has 0 spiro atoms. The number of aryl methyl sites for hydroxylation is 2. The van der Waals surface area contributed by atoms with Gasteiger partial charge in [0.25, 0.3) is 5.91 Å². The minimum atomic E-state index is -0.311. The molecule has 0 aliphatic carbocycles. The summed E-state index contributed by atoms with van der Waals surface area (Å²) in [7, 11) is 2.83. The lowest BCUT2D eigenvalue weighted by atomic mass is 10.0. The Labute approximate surface area is 220 Å². The Morgan fingerprint density at radius 2 is 1.92 bits per heavy atom. The zero-order chi connectivity index (χ0) is 26.9.